The van der Waals surface area contributed by atoms with Gasteiger partial charge in [-0.15, -0.1) is 0 Å². The van der Waals surface area contributed by atoms with Gasteiger partial charge in [-0.1, -0.05) is 23.7 Å². The second-order valence-electron chi connectivity index (χ2n) is 9.07. The van der Waals surface area contributed by atoms with Gasteiger partial charge < -0.3 is 15.0 Å². The summed E-state index contributed by atoms with van der Waals surface area (Å²) in [4.78, 5) is 22.1. The van der Waals surface area contributed by atoms with Crippen molar-refractivity contribution in [3.63, 3.8) is 0 Å². The summed E-state index contributed by atoms with van der Waals surface area (Å²) in [7, 11) is 0. The lowest BCUT2D eigenvalue weighted by molar-refractivity contribution is -0.125. The predicted octanol–water partition coefficient (Wildman–Crippen LogP) is 3.02. The molecular weight excluding hydrogens is 452 g/mol. The molecule has 8 nitrogen and oxygen atoms in total. The number of aromatic nitrogens is 3. The molecule has 2 fully saturated rings. The van der Waals surface area contributed by atoms with Gasteiger partial charge in [-0.05, 0) is 31.9 Å². The van der Waals surface area contributed by atoms with Crippen molar-refractivity contribution in [3.8, 4) is 11.3 Å². The van der Waals surface area contributed by atoms with Crippen LogP contribution in [-0.2, 0) is 9.53 Å². The molecule has 1 aromatic carbocycles. The van der Waals surface area contributed by atoms with Gasteiger partial charge >= 0.3 is 0 Å². The van der Waals surface area contributed by atoms with Gasteiger partial charge in [-0.25, -0.2) is 4.98 Å². The largest absolute Gasteiger partial charge is 0.379 e. The van der Waals surface area contributed by atoms with Crippen LogP contribution in [0.4, 0.5) is 5.82 Å². The van der Waals surface area contributed by atoms with E-state index in [-0.39, 0.29) is 11.8 Å². The Morgan fingerprint density at radius 2 is 1.85 bits per heavy atom. The Morgan fingerprint density at radius 3 is 2.59 bits per heavy atom. The third kappa shape index (κ3) is 5.19. The van der Waals surface area contributed by atoms with Crippen molar-refractivity contribution >= 4 is 29.0 Å². The predicted molar refractivity (Wildman–Crippen MR) is 133 cm³/mol. The number of fused-ring (bicyclic) bond motifs is 1. The minimum absolute atomic E-state index is 0.0570. The molecule has 0 unspecified atom stereocenters. The number of hydrogen-bond donors (Lipinski definition) is 1. The van der Waals surface area contributed by atoms with Crippen molar-refractivity contribution in [2.24, 2.45) is 5.92 Å². The second-order valence-corrected chi connectivity index (χ2v) is 9.50. The first-order chi connectivity index (χ1) is 16.6. The van der Waals surface area contributed by atoms with Crippen LogP contribution in [0.15, 0.2) is 36.4 Å². The van der Waals surface area contributed by atoms with E-state index in [0.717, 1.165) is 87.2 Å². The van der Waals surface area contributed by atoms with Crippen LogP contribution in [-0.4, -0.2) is 77.9 Å². The average Bonchev–Trinajstić information content (AvgIpc) is 3.28. The Kier molecular flexibility index (Phi) is 6.99. The van der Waals surface area contributed by atoms with Gasteiger partial charge in [-0.2, -0.15) is 9.61 Å². The van der Waals surface area contributed by atoms with E-state index in [4.69, 9.17) is 21.4 Å². The highest BCUT2D eigenvalue weighted by molar-refractivity contribution is 6.30. The van der Waals surface area contributed by atoms with Crippen LogP contribution in [0.3, 0.4) is 0 Å². The number of piperidine rings is 1. The van der Waals surface area contributed by atoms with Gasteiger partial charge in [-0.3, -0.25) is 9.69 Å². The van der Waals surface area contributed by atoms with Crippen molar-refractivity contribution in [1.29, 1.82) is 0 Å². The molecular formula is C25H31ClN6O2. The summed E-state index contributed by atoms with van der Waals surface area (Å²) < 4.78 is 7.30. The van der Waals surface area contributed by atoms with Gasteiger partial charge in [0.15, 0.2) is 5.65 Å². The van der Waals surface area contributed by atoms with E-state index >= 15 is 0 Å². The molecule has 3 aromatic rings. The monoisotopic (exact) mass is 482 g/mol. The maximum Gasteiger partial charge on any atom is 0.223 e. The Balaban J connectivity index is 1.22. The molecule has 2 aliphatic heterocycles. The molecule has 34 heavy (non-hydrogen) atoms. The van der Waals surface area contributed by atoms with Gasteiger partial charge in [0.1, 0.15) is 5.82 Å². The number of ether oxygens (including phenoxy) is 1. The van der Waals surface area contributed by atoms with E-state index in [0.29, 0.717) is 11.6 Å². The van der Waals surface area contributed by atoms with Crippen LogP contribution in [0.25, 0.3) is 16.9 Å². The summed E-state index contributed by atoms with van der Waals surface area (Å²) in [5.74, 6) is 1.25. The van der Waals surface area contributed by atoms with Crippen molar-refractivity contribution in [2.45, 2.75) is 19.8 Å². The number of anilines is 1. The minimum Gasteiger partial charge on any atom is -0.379 e. The zero-order valence-corrected chi connectivity index (χ0v) is 20.3. The zero-order chi connectivity index (χ0) is 23.5. The van der Waals surface area contributed by atoms with E-state index in [2.05, 4.69) is 26.2 Å². The second kappa shape index (κ2) is 10.3. The van der Waals surface area contributed by atoms with E-state index in [1.807, 2.05) is 41.8 Å². The molecule has 1 N–H and O–H groups in total. The van der Waals surface area contributed by atoms with Crippen molar-refractivity contribution in [3.05, 3.63) is 47.1 Å². The van der Waals surface area contributed by atoms with Gasteiger partial charge in [0, 0.05) is 73.6 Å². The lowest BCUT2D eigenvalue weighted by atomic mass is 9.96. The first-order valence-corrected chi connectivity index (χ1v) is 12.4. The zero-order valence-electron chi connectivity index (χ0n) is 19.5. The Labute approximate surface area is 204 Å². The third-order valence-corrected chi connectivity index (χ3v) is 6.95. The number of amides is 1. The highest BCUT2D eigenvalue weighted by Gasteiger charge is 2.27. The Hall–Kier alpha value is -2.68. The molecule has 1 amide bonds. The summed E-state index contributed by atoms with van der Waals surface area (Å²) in [5, 5.41) is 8.69. The number of nitrogens with one attached hydrogen (secondary N) is 1. The number of aryl methyl sites for hydroxylation is 1. The number of nitrogens with zero attached hydrogens (tertiary/aromatic N) is 5. The lowest BCUT2D eigenvalue weighted by Gasteiger charge is -2.33. The quantitative estimate of drug-likeness (QED) is 0.582. The number of halogens is 1. The first kappa shape index (κ1) is 23.1. The van der Waals surface area contributed by atoms with Crippen LogP contribution < -0.4 is 10.2 Å². The number of morpholine rings is 1. The molecule has 2 saturated heterocycles. The Bertz CT molecular complexity index is 1130. The molecule has 2 aliphatic rings. The van der Waals surface area contributed by atoms with E-state index in [1.54, 1.807) is 0 Å². The van der Waals surface area contributed by atoms with E-state index < -0.39 is 0 Å². The molecule has 0 atom stereocenters. The maximum atomic E-state index is 12.7. The SMILES string of the molecule is Cc1cc(N2CCC(C(=O)NCCN3CCOCC3)CC2)n2nc(-c3ccc(Cl)cc3)cc2n1. The highest BCUT2D eigenvalue weighted by atomic mass is 35.5. The van der Waals surface area contributed by atoms with E-state index in [1.165, 1.54) is 0 Å². The summed E-state index contributed by atoms with van der Waals surface area (Å²) >= 11 is 6.04. The summed E-state index contributed by atoms with van der Waals surface area (Å²) in [6.07, 6.45) is 1.66. The van der Waals surface area contributed by atoms with Crippen molar-refractivity contribution in [1.82, 2.24) is 24.8 Å². The van der Waals surface area contributed by atoms with Gasteiger partial charge in [0.05, 0.1) is 18.9 Å². The van der Waals surface area contributed by atoms with Crippen LogP contribution in [0.5, 0.6) is 0 Å². The molecule has 0 aliphatic carbocycles. The number of carbonyl (C=O) groups excluding carboxylic acids is 1. The molecule has 0 bridgehead atoms. The number of benzene rings is 1. The van der Waals surface area contributed by atoms with Crippen molar-refractivity contribution < 1.29 is 9.53 Å². The highest BCUT2D eigenvalue weighted by Crippen LogP contribution is 2.27. The van der Waals surface area contributed by atoms with Crippen LogP contribution in [0, 0.1) is 12.8 Å². The Morgan fingerprint density at radius 1 is 1.12 bits per heavy atom. The van der Waals surface area contributed by atoms with Crippen LogP contribution in [0.1, 0.15) is 18.5 Å². The summed E-state index contributed by atoms with van der Waals surface area (Å²) in [6.45, 7) is 8.68. The number of carbonyl (C=O) groups is 1. The molecule has 4 heterocycles. The summed E-state index contributed by atoms with van der Waals surface area (Å²) in [6, 6.07) is 11.8. The third-order valence-electron chi connectivity index (χ3n) is 6.70. The number of hydrogen-bond acceptors (Lipinski definition) is 6. The fourth-order valence-corrected chi connectivity index (χ4v) is 4.87. The lowest BCUT2D eigenvalue weighted by Crippen LogP contribution is -2.44. The molecule has 9 heteroatoms. The maximum absolute atomic E-state index is 12.7. The molecule has 2 aromatic heterocycles. The molecule has 0 spiro atoms. The van der Waals surface area contributed by atoms with Crippen molar-refractivity contribution in [2.75, 3.05) is 57.4 Å². The topological polar surface area (TPSA) is 75.0 Å². The van der Waals surface area contributed by atoms with Crippen LogP contribution in [0.2, 0.25) is 5.02 Å². The molecule has 180 valence electrons. The molecule has 5 rings (SSSR count). The number of rotatable bonds is 6. The van der Waals surface area contributed by atoms with Crippen LogP contribution >= 0.6 is 11.6 Å². The van der Waals surface area contributed by atoms with E-state index in [9.17, 15) is 4.79 Å². The average molecular weight is 483 g/mol. The van der Waals surface area contributed by atoms with Gasteiger partial charge in [0.2, 0.25) is 5.91 Å². The standard InChI is InChI=1S/C25H31ClN6O2/c1-18-16-24(32-23(28-18)17-22(29-32)19-2-4-21(26)5-3-19)31-9-6-20(7-10-31)25(33)27-8-11-30-12-14-34-15-13-30/h2-5,16-17,20H,6-15H2,1H3,(H,27,33). The smallest absolute Gasteiger partial charge is 0.223 e. The fourth-order valence-electron chi connectivity index (χ4n) is 4.74. The molecule has 0 radical (unpaired) electrons. The first-order valence-electron chi connectivity index (χ1n) is 12.0. The van der Waals surface area contributed by atoms with Gasteiger partial charge in [0.25, 0.3) is 0 Å². The summed E-state index contributed by atoms with van der Waals surface area (Å²) in [5.41, 5.74) is 3.65. The minimum atomic E-state index is 0.0570. The molecule has 0 saturated carbocycles. The fraction of sp³-hybridized carbons (Fsp3) is 0.480. The normalized spacial score (nSPS) is 17.9.